The zero-order valence-electron chi connectivity index (χ0n) is 21.9. The minimum atomic E-state index is -1.11. The van der Waals surface area contributed by atoms with E-state index in [4.69, 9.17) is 23.2 Å². The van der Waals surface area contributed by atoms with Gasteiger partial charge in [0, 0.05) is 54.8 Å². The standard InChI is InChI=1S/C29H30Cl2N4O4S/c1-40-24-9-7-20(26(30)27(24)31)8-10-25(36)34-13-11-21(12-14-34)28(37)33-23(29(38)39)15-22-16-32-18-35(22)17-19-5-3-2-4-6-19/h2-10,16,18,21,23H,11-15,17H2,1H3,(H,33,37)(H,38,39). The molecule has 0 spiro atoms. The molecule has 0 bridgehead atoms. The fourth-order valence-electron chi connectivity index (χ4n) is 4.60. The number of nitrogens with one attached hydrogen (secondary N) is 1. The number of carbonyl (C=O) groups is 3. The van der Waals surface area contributed by atoms with Crippen molar-refractivity contribution in [3.8, 4) is 0 Å². The number of aliphatic carboxylic acids is 1. The summed E-state index contributed by atoms with van der Waals surface area (Å²) in [5.74, 6) is -1.99. The van der Waals surface area contributed by atoms with Gasteiger partial charge in [0.05, 0.1) is 16.4 Å². The van der Waals surface area contributed by atoms with Crippen LogP contribution in [0.15, 0.2) is 66.0 Å². The van der Waals surface area contributed by atoms with Crippen LogP contribution in [0.25, 0.3) is 6.08 Å². The number of hydrogen-bond acceptors (Lipinski definition) is 5. The highest BCUT2D eigenvalue weighted by atomic mass is 35.5. The van der Waals surface area contributed by atoms with Crippen LogP contribution in [0.1, 0.15) is 29.7 Å². The van der Waals surface area contributed by atoms with Crippen molar-refractivity contribution >= 4 is 58.8 Å². The van der Waals surface area contributed by atoms with Gasteiger partial charge >= 0.3 is 5.97 Å². The topological polar surface area (TPSA) is 105 Å². The monoisotopic (exact) mass is 600 g/mol. The number of benzene rings is 2. The predicted molar refractivity (Wildman–Crippen MR) is 158 cm³/mol. The number of carboxylic acids is 1. The van der Waals surface area contributed by atoms with Crippen molar-refractivity contribution < 1.29 is 19.5 Å². The number of halogens is 2. The predicted octanol–water partition coefficient (Wildman–Crippen LogP) is 5.02. The highest BCUT2D eigenvalue weighted by Crippen LogP contribution is 2.35. The van der Waals surface area contributed by atoms with E-state index in [1.54, 1.807) is 23.5 Å². The van der Waals surface area contributed by atoms with E-state index in [1.165, 1.54) is 17.8 Å². The van der Waals surface area contributed by atoms with Crippen LogP contribution in [-0.4, -0.2) is 62.7 Å². The first-order valence-electron chi connectivity index (χ1n) is 12.8. The first-order chi connectivity index (χ1) is 19.3. The Morgan fingerprint density at radius 3 is 2.52 bits per heavy atom. The number of rotatable bonds is 10. The normalized spacial score (nSPS) is 14.8. The van der Waals surface area contributed by atoms with Crippen molar-refractivity contribution in [2.24, 2.45) is 5.92 Å². The molecule has 1 aromatic heterocycles. The molecular weight excluding hydrogens is 571 g/mol. The zero-order chi connectivity index (χ0) is 28.6. The zero-order valence-corrected chi connectivity index (χ0v) is 24.3. The summed E-state index contributed by atoms with van der Waals surface area (Å²) in [6.07, 6.45) is 9.28. The minimum Gasteiger partial charge on any atom is -0.480 e. The molecule has 11 heteroatoms. The maximum absolute atomic E-state index is 13.0. The van der Waals surface area contributed by atoms with E-state index >= 15 is 0 Å². The second-order valence-electron chi connectivity index (χ2n) is 9.52. The molecule has 2 aromatic carbocycles. The number of aromatic nitrogens is 2. The molecule has 1 unspecified atom stereocenters. The molecule has 4 rings (SSSR count). The second kappa shape index (κ2) is 13.9. The Morgan fingerprint density at radius 2 is 1.85 bits per heavy atom. The summed E-state index contributed by atoms with van der Waals surface area (Å²) in [6, 6.07) is 12.4. The van der Waals surface area contributed by atoms with Crippen molar-refractivity contribution in [2.75, 3.05) is 19.3 Å². The fourth-order valence-corrected chi connectivity index (χ4v) is 5.77. The van der Waals surface area contributed by atoms with Crippen LogP contribution in [0.2, 0.25) is 10.0 Å². The molecule has 1 saturated heterocycles. The Balaban J connectivity index is 1.30. The van der Waals surface area contributed by atoms with E-state index in [0.717, 1.165) is 10.5 Å². The molecule has 1 atom stereocenters. The lowest BCUT2D eigenvalue weighted by atomic mass is 9.95. The number of piperidine rings is 1. The molecule has 2 heterocycles. The van der Waals surface area contributed by atoms with Gasteiger partial charge in [0.15, 0.2) is 0 Å². The Labute approximate surface area is 247 Å². The van der Waals surface area contributed by atoms with Gasteiger partial charge < -0.3 is 19.9 Å². The highest BCUT2D eigenvalue weighted by molar-refractivity contribution is 7.98. The first-order valence-corrected chi connectivity index (χ1v) is 14.8. The smallest absolute Gasteiger partial charge is 0.326 e. The third kappa shape index (κ3) is 7.47. The molecule has 40 heavy (non-hydrogen) atoms. The van der Waals surface area contributed by atoms with E-state index in [2.05, 4.69) is 10.3 Å². The summed E-state index contributed by atoms with van der Waals surface area (Å²) in [7, 11) is 0. The SMILES string of the molecule is CSc1ccc(C=CC(=O)N2CCC(C(=O)NC(Cc3cncn3Cc3ccccc3)C(=O)O)CC2)c(Cl)c1Cl. The molecule has 210 valence electrons. The summed E-state index contributed by atoms with van der Waals surface area (Å²) in [5.41, 5.74) is 2.43. The number of amides is 2. The van der Waals surface area contributed by atoms with E-state index in [9.17, 15) is 19.5 Å². The Morgan fingerprint density at radius 1 is 1.12 bits per heavy atom. The molecule has 8 nitrogen and oxygen atoms in total. The van der Waals surface area contributed by atoms with Crippen LogP contribution >= 0.6 is 35.0 Å². The van der Waals surface area contributed by atoms with Gasteiger partial charge in [-0.3, -0.25) is 9.59 Å². The third-order valence-electron chi connectivity index (χ3n) is 6.90. The number of imidazole rings is 1. The largest absolute Gasteiger partial charge is 0.480 e. The molecule has 3 aromatic rings. The molecule has 0 saturated carbocycles. The van der Waals surface area contributed by atoms with Crippen LogP contribution in [0.3, 0.4) is 0 Å². The quantitative estimate of drug-likeness (QED) is 0.250. The Bertz CT molecular complexity index is 1390. The Hall–Kier alpha value is -3.27. The van der Waals surface area contributed by atoms with Crippen molar-refractivity contribution in [3.63, 3.8) is 0 Å². The number of thioether (sulfide) groups is 1. The Kier molecular flexibility index (Phi) is 10.3. The van der Waals surface area contributed by atoms with Crippen LogP contribution < -0.4 is 5.32 Å². The summed E-state index contributed by atoms with van der Waals surface area (Å²) < 4.78 is 1.88. The summed E-state index contributed by atoms with van der Waals surface area (Å²) in [4.78, 5) is 44.4. The molecule has 0 radical (unpaired) electrons. The molecule has 1 aliphatic heterocycles. The number of carboxylic acid groups (broad SMARTS) is 1. The molecule has 2 N–H and O–H groups in total. The van der Waals surface area contributed by atoms with Crippen LogP contribution in [0.4, 0.5) is 0 Å². The van der Waals surface area contributed by atoms with Crippen LogP contribution in [-0.2, 0) is 27.3 Å². The molecule has 1 fully saturated rings. The van der Waals surface area contributed by atoms with Crippen molar-refractivity contribution in [2.45, 2.75) is 36.7 Å². The van der Waals surface area contributed by atoms with Gasteiger partial charge in [-0.1, -0.05) is 59.6 Å². The van der Waals surface area contributed by atoms with Gasteiger partial charge in [-0.2, -0.15) is 0 Å². The lowest BCUT2D eigenvalue weighted by molar-refractivity contribution is -0.142. The number of likely N-dealkylation sites (tertiary alicyclic amines) is 1. The minimum absolute atomic E-state index is 0.112. The van der Waals surface area contributed by atoms with Crippen LogP contribution in [0, 0.1) is 5.92 Å². The summed E-state index contributed by atoms with van der Waals surface area (Å²) >= 11 is 14.1. The number of nitrogens with zero attached hydrogens (tertiary/aromatic N) is 3. The maximum Gasteiger partial charge on any atom is 0.326 e. The average molecular weight is 602 g/mol. The van der Waals surface area contributed by atoms with Crippen molar-refractivity contribution in [1.82, 2.24) is 19.8 Å². The van der Waals surface area contributed by atoms with Gasteiger partial charge in [0.25, 0.3) is 0 Å². The summed E-state index contributed by atoms with van der Waals surface area (Å²) in [6.45, 7) is 1.34. The average Bonchev–Trinajstić information content (AvgIpc) is 3.40. The van der Waals surface area contributed by atoms with Crippen LogP contribution in [0.5, 0.6) is 0 Å². The van der Waals surface area contributed by atoms with Crippen molar-refractivity contribution in [3.05, 3.63) is 87.9 Å². The van der Waals surface area contributed by atoms with Gasteiger partial charge in [0.2, 0.25) is 11.8 Å². The molecular formula is C29H30Cl2N4O4S. The number of carbonyl (C=O) groups excluding carboxylic acids is 2. The molecule has 0 aliphatic carbocycles. The lowest BCUT2D eigenvalue weighted by Crippen LogP contribution is -2.48. The first kappa shape index (κ1) is 29.7. The highest BCUT2D eigenvalue weighted by Gasteiger charge is 2.30. The third-order valence-corrected chi connectivity index (χ3v) is 8.69. The molecule has 1 aliphatic rings. The number of hydrogen-bond donors (Lipinski definition) is 2. The van der Waals surface area contributed by atoms with E-state index < -0.39 is 12.0 Å². The van der Waals surface area contributed by atoms with Crippen molar-refractivity contribution in [1.29, 1.82) is 0 Å². The van der Waals surface area contributed by atoms with Gasteiger partial charge in [0.1, 0.15) is 6.04 Å². The molecule has 2 amide bonds. The maximum atomic E-state index is 13.0. The lowest BCUT2D eigenvalue weighted by Gasteiger charge is -2.31. The fraction of sp³-hybridized carbons (Fsp3) is 0.310. The summed E-state index contributed by atoms with van der Waals surface area (Å²) in [5, 5.41) is 13.4. The van der Waals surface area contributed by atoms with Gasteiger partial charge in [-0.25, -0.2) is 9.78 Å². The van der Waals surface area contributed by atoms with Gasteiger partial charge in [-0.15, -0.1) is 11.8 Å². The van der Waals surface area contributed by atoms with E-state index in [-0.39, 0.29) is 24.2 Å². The second-order valence-corrected chi connectivity index (χ2v) is 11.1. The van der Waals surface area contributed by atoms with E-state index in [1.807, 2.05) is 53.3 Å². The van der Waals surface area contributed by atoms with Gasteiger partial charge in [-0.05, 0) is 42.4 Å². The van der Waals surface area contributed by atoms with E-state index in [0.29, 0.717) is 53.8 Å².